The second kappa shape index (κ2) is 13.8. The zero-order chi connectivity index (χ0) is 25.0. The van der Waals surface area contributed by atoms with Crippen LogP contribution in [0.4, 0.5) is 9.59 Å². The minimum Gasteiger partial charge on any atom is -0.445 e. The number of nitrogens with zero attached hydrogens (tertiary/aromatic N) is 1. The maximum absolute atomic E-state index is 12.7. The fraction of sp³-hybridized carbons (Fsp3) is 0.565. The minimum atomic E-state index is -0.796. The Morgan fingerprint density at radius 2 is 1.88 bits per heavy atom. The van der Waals surface area contributed by atoms with Crippen LogP contribution in [-0.2, 0) is 25.7 Å². The zero-order valence-electron chi connectivity index (χ0n) is 19.8. The number of unbranched alkanes of at least 4 members (excludes halogenated alkanes) is 1. The van der Waals surface area contributed by atoms with Crippen molar-refractivity contribution in [3.63, 3.8) is 0 Å². The molecule has 0 fully saturated rings. The molecule has 2 rings (SSSR count). The Hall–Kier alpha value is -2.82. The number of nitrogens with one attached hydrogen (secondary N) is 3. The van der Waals surface area contributed by atoms with Gasteiger partial charge in [0.05, 0.1) is 6.54 Å². The van der Waals surface area contributed by atoms with Gasteiger partial charge in [0.25, 0.3) is 0 Å². The number of hydrogen-bond acceptors (Lipinski definition) is 7. The first-order chi connectivity index (χ1) is 16.1. The minimum absolute atomic E-state index is 0.0993. The summed E-state index contributed by atoms with van der Waals surface area (Å²) in [5.41, 5.74) is 0.275. The summed E-state index contributed by atoms with van der Waals surface area (Å²) in [5, 5.41) is 11.9. The molecule has 0 radical (unpaired) electrons. The van der Waals surface area contributed by atoms with Crippen LogP contribution in [0.25, 0.3) is 0 Å². The van der Waals surface area contributed by atoms with Crippen LogP contribution in [0.3, 0.4) is 0 Å². The number of alkyl carbamates (subject to hydrolysis) is 2. The van der Waals surface area contributed by atoms with Crippen LogP contribution in [-0.4, -0.2) is 53.6 Å². The molecule has 1 aliphatic heterocycles. The number of rotatable bonds is 11. The second-order valence-electron chi connectivity index (χ2n) is 8.83. The summed E-state index contributed by atoms with van der Waals surface area (Å²) in [6.45, 7) is 6.12. The van der Waals surface area contributed by atoms with Gasteiger partial charge < -0.3 is 30.3 Å². The van der Waals surface area contributed by atoms with E-state index in [0.29, 0.717) is 36.8 Å². The van der Waals surface area contributed by atoms with Gasteiger partial charge in [-0.3, -0.25) is 4.79 Å². The monoisotopic (exact) mass is 540 g/mol. The molecule has 1 aromatic rings. The van der Waals surface area contributed by atoms with E-state index in [-0.39, 0.29) is 25.2 Å². The molecule has 10 nitrogen and oxygen atoms in total. The molecule has 1 aliphatic rings. The van der Waals surface area contributed by atoms with E-state index in [1.165, 1.54) is 0 Å². The summed E-state index contributed by atoms with van der Waals surface area (Å²) in [4.78, 5) is 42.0. The van der Waals surface area contributed by atoms with Crippen LogP contribution < -0.4 is 16.0 Å². The summed E-state index contributed by atoms with van der Waals surface area (Å²) >= 11 is 3.26. The molecular formula is C23H33BrN4O6. The largest absolute Gasteiger partial charge is 0.445 e. The number of amides is 3. The van der Waals surface area contributed by atoms with Crippen LogP contribution in [0.2, 0.25) is 0 Å². The Morgan fingerprint density at radius 1 is 1.15 bits per heavy atom. The zero-order valence-corrected chi connectivity index (χ0v) is 21.4. The molecule has 1 aromatic carbocycles. The van der Waals surface area contributed by atoms with Gasteiger partial charge in [0, 0.05) is 13.0 Å². The Morgan fingerprint density at radius 3 is 2.53 bits per heavy atom. The van der Waals surface area contributed by atoms with Crippen molar-refractivity contribution >= 4 is 38.6 Å². The molecule has 1 unspecified atom stereocenters. The number of hydrogen-bond donors (Lipinski definition) is 3. The molecule has 0 aliphatic carbocycles. The van der Waals surface area contributed by atoms with E-state index in [1.54, 1.807) is 20.8 Å². The van der Waals surface area contributed by atoms with Crippen LogP contribution >= 0.6 is 15.9 Å². The molecular weight excluding hydrogens is 508 g/mol. The van der Waals surface area contributed by atoms with Crippen LogP contribution in [0.1, 0.15) is 52.0 Å². The molecule has 0 aromatic heterocycles. The van der Waals surface area contributed by atoms with E-state index >= 15 is 0 Å². The normalized spacial score (nSPS) is 16.0. The van der Waals surface area contributed by atoms with Gasteiger partial charge in [-0.1, -0.05) is 35.5 Å². The molecule has 0 saturated carbocycles. The number of carbonyl (C=O) groups is 3. The van der Waals surface area contributed by atoms with Crippen molar-refractivity contribution in [2.75, 3.05) is 13.1 Å². The van der Waals surface area contributed by atoms with Crippen molar-refractivity contribution in [3.05, 3.63) is 35.9 Å². The Balaban J connectivity index is 1.79. The fourth-order valence-corrected chi connectivity index (χ4v) is 3.44. The Labute approximate surface area is 208 Å². The maximum Gasteiger partial charge on any atom is 0.408 e. The fourth-order valence-electron chi connectivity index (χ4n) is 3.00. The van der Waals surface area contributed by atoms with Crippen molar-refractivity contribution in [2.24, 2.45) is 5.16 Å². The number of oxime groups is 1. The van der Waals surface area contributed by atoms with E-state index in [2.05, 4.69) is 37.0 Å². The van der Waals surface area contributed by atoms with Crippen LogP contribution in [0.5, 0.6) is 0 Å². The van der Waals surface area contributed by atoms with Crippen molar-refractivity contribution in [1.29, 1.82) is 0 Å². The molecule has 1 heterocycles. The lowest BCUT2D eigenvalue weighted by Gasteiger charge is -2.20. The number of carbonyl (C=O) groups excluding carboxylic acids is 3. The molecule has 34 heavy (non-hydrogen) atoms. The highest BCUT2D eigenvalue weighted by atomic mass is 79.9. The average molecular weight is 541 g/mol. The van der Waals surface area contributed by atoms with Gasteiger partial charge in [0.2, 0.25) is 5.91 Å². The Bertz CT molecular complexity index is 844. The van der Waals surface area contributed by atoms with Crippen LogP contribution in [0.15, 0.2) is 35.5 Å². The predicted octanol–water partition coefficient (Wildman–Crippen LogP) is 3.59. The van der Waals surface area contributed by atoms with E-state index in [0.717, 1.165) is 5.56 Å². The summed E-state index contributed by atoms with van der Waals surface area (Å²) < 4.78 is 11.1. The third-order valence-electron chi connectivity index (χ3n) is 4.61. The molecule has 3 amide bonds. The molecule has 0 saturated heterocycles. The molecule has 2 atom stereocenters. The first-order valence-corrected chi connectivity index (χ1v) is 12.0. The lowest BCUT2D eigenvalue weighted by Crippen LogP contribution is -2.48. The average Bonchev–Trinajstić information content (AvgIpc) is 3.19. The van der Waals surface area contributed by atoms with Crippen molar-refractivity contribution < 1.29 is 28.7 Å². The molecule has 0 spiro atoms. The smallest absolute Gasteiger partial charge is 0.408 e. The lowest BCUT2D eigenvalue weighted by molar-refractivity contribution is -0.123. The third kappa shape index (κ3) is 11.4. The summed E-state index contributed by atoms with van der Waals surface area (Å²) in [5.74, 6) is -0.344. The van der Waals surface area contributed by atoms with Gasteiger partial charge in [-0.25, -0.2) is 9.59 Å². The summed E-state index contributed by atoms with van der Waals surface area (Å²) in [6, 6.07) is 8.47. The topological polar surface area (TPSA) is 127 Å². The van der Waals surface area contributed by atoms with Gasteiger partial charge >= 0.3 is 12.2 Å². The first kappa shape index (κ1) is 27.4. The van der Waals surface area contributed by atoms with Crippen LogP contribution in [0, 0.1) is 0 Å². The number of benzene rings is 1. The van der Waals surface area contributed by atoms with E-state index in [9.17, 15) is 14.4 Å². The van der Waals surface area contributed by atoms with E-state index in [1.807, 2.05) is 30.3 Å². The van der Waals surface area contributed by atoms with Gasteiger partial charge in [-0.05, 0) is 61.5 Å². The molecule has 11 heteroatoms. The van der Waals surface area contributed by atoms with Gasteiger partial charge in [0.1, 0.15) is 22.9 Å². The van der Waals surface area contributed by atoms with Crippen molar-refractivity contribution in [1.82, 2.24) is 16.0 Å². The highest BCUT2D eigenvalue weighted by molar-refractivity contribution is 9.18. The first-order valence-electron chi connectivity index (χ1n) is 11.2. The molecule has 0 bridgehead atoms. The van der Waals surface area contributed by atoms with E-state index in [4.69, 9.17) is 14.3 Å². The summed E-state index contributed by atoms with van der Waals surface area (Å²) in [7, 11) is 0. The standard InChI is InChI=1S/C23H33BrN4O6/c1-23(2,3)33-21(30)25-12-8-7-11-18(20(29)26-14-17-13-19(24)28-34-17)27-22(31)32-15-16-9-5-4-6-10-16/h4-6,9-10,17-18H,7-8,11-15H2,1-3H3,(H,25,30)(H,26,29)(H,27,31)/t17?,18-/m0/s1. The second-order valence-corrected chi connectivity index (χ2v) is 9.74. The quantitative estimate of drug-likeness (QED) is 0.368. The van der Waals surface area contributed by atoms with E-state index < -0.39 is 23.8 Å². The van der Waals surface area contributed by atoms with Crippen molar-refractivity contribution in [3.8, 4) is 0 Å². The Kier molecular flexibility index (Phi) is 11.1. The SMILES string of the molecule is CC(C)(C)OC(=O)NCCCC[C@H](NC(=O)OCc1ccccc1)C(=O)NCC1CC(Br)=NO1. The van der Waals surface area contributed by atoms with Gasteiger partial charge in [-0.2, -0.15) is 0 Å². The third-order valence-corrected chi connectivity index (χ3v) is 5.08. The van der Waals surface area contributed by atoms with Gasteiger partial charge in [0.15, 0.2) is 6.10 Å². The highest BCUT2D eigenvalue weighted by Crippen LogP contribution is 2.13. The maximum atomic E-state index is 12.7. The van der Waals surface area contributed by atoms with Crippen molar-refractivity contribution in [2.45, 2.75) is 70.8 Å². The number of halogens is 1. The lowest BCUT2D eigenvalue weighted by atomic mass is 10.1. The number of ether oxygens (including phenoxy) is 2. The predicted molar refractivity (Wildman–Crippen MR) is 131 cm³/mol. The highest BCUT2D eigenvalue weighted by Gasteiger charge is 2.25. The van der Waals surface area contributed by atoms with Gasteiger partial charge in [-0.15, -0.1) is 0 Å². The molecule has 188 valence electrons. The molecule has 3 N–H and O–H groups in total. The summed E-state index contributed by atoms with van der Waals surface area (Å²) in [6.07, 6.45) is 0.690.